The van der Waals surface area contributed by atoms with Crippen LogP contribution in [0, 0.1) is 5.92 Å². The molecule has 0 aliphatic carbocycles. The monoisotopic (exact) mass is 321 g/mol. The summed E-state index contributed by atoms with van der Waals surface area (Å²) in [5.74, 6) is -0.964. The van der Waals surface area contributed by atoms with Gasteiger partial charge in [0.15, 0.2) is 0 Å². The quantitative estimate of drug-likeness (QED) is 0.458. The molecule has 0 fully saturated rings. The van der Waals surface area contributed by atoms with E-state index in [-0.39, 0.29) is 43.3 Å². The average Bonchev–Trinajstić information content (AvgIpc) is 2.56. The number of amides is 3. The molecular weight excluding hydrogens is 298 g/mol. The molecule has 23 heavy (non-hydrogen) atoms. The van der Waals surface area contributed by atoms with Crippen LogP contribution in [-0.4, -0.2) is 48.4 Å². The Balaban J connectivity index is 2.17. The van der Waals surface area contributed by atoms with E-state index in [0.717, 1.165) is 0 Å². The Kier molecular flexibility index (Phi) is 7.69. The van der Waals surface area contributed by atoms with Gasteiger partial charge in [0.05, 0.1) is 18.2 Å². The van der Waals surface area contributed by atoms with Crippen LogP contribution in [0.2, 0.25) is 0 Å². The van der Waals surface area contributed by atoms with Gasteiger partial charge >= 0.3 is 0 Å². The third-order valence-corrected chi connectivity index (χ3v) is 3.10. The highest BCUT2D eigenvalue weighted by atomic mass is 16.2. The van der Waals surface area contributed by atoms with Crippen LogP contribution in [0.1, 0.15) is 24.2 Å². The molecule has 0 aliphatic heterocycles. The molecule has 8 nitrogen and oxygen atoms in total. The van der Waals surface area contributed by atoms with Crippen LogP contribution in [0.25, 0.3) is 0 Å². The number of pyridine rings is 1. The van der Waals surface area contributed by atoms with Crippen molar-refractivity contribution in [2.45, 2.75) is 19.9 Å². The standard InChI is InChI=1S/C15H23N5O3/c1-10(2)13(16)15(23)20-9-12(21)18-6-7-19-14(22)11-4-3-5-17-8-11/h3-5,8,10,13H,6-7,9,16H2,1-2H3,(H,18,21)(H,19,22)(H,20,23)/t13-/m0/s1. The number of carbonyl (C=O) groups excluding carboxylic acids is 3. The summed E-state index contributed by atoms with van der Waals surface area (Å²) in [4.78, 5) is 38.7. The second kappa shape index (κ2) is 9.52. The van der Waals surface area contributed by atoms with E-state index < -0.39 is 6.04 Å². The Hall–Kier alpha value is -2.48. The first-order chi connectivity index (χ1) is 10.9. The summed E-state index contributed by atoms with van der Waals surface area (Å²) in [6.07, 6.45) is 3.04. The second-order valence-corrected chi connectivity index (χ2v) is 5.34. The van der Waals surface area contributed by atoms with Crippen molar-refractivity contribution in [1.29, 1.82) is 0 Å². The Morgan fingerprint density at radius 3 is 2.48 bits per heavy atom. The third kappa shape index (κ3) is 6.88. The van der Waals surface area contributed by atoms with Gasteiger partial charge in [0.25, 0.3) is 5.91 Å². The van der Waals surface area contributed by atoms with Gasteiger partial charge < -0.3 is 21.7 Å². The first-order valence-corrected chi connectivity index (χ1v) is 7.40. The number of hydrogen-bond donors (Lipinski definition) is 4. The third-order valence-electron chi connectivity index (χ3n) is 3.10. The van der Waals surface area contributed by atoms with E-state index in [9.17, 15) is 14.4 Å². The van der Waals surface area contributed by atoms with Crippen LogP contribution in [-0.2, 0) is 9.59 Å². The summed E-state index contributed by atoms with van der Waals surface area (Å²) in [5.41, 5.74) is 6.11. The molecular formula is C15H23N5O3. The van der Waals surface area contributed by atoms with Crippen molar-refractivity contribution < 1.29 is 14.4 Å². The first-order valence-electron chi connectivity index (χ1n) is 7.40. The minimum absolute atomic E-state index is 0.000694. The first kappa shape index (κ1) is 18.6. The normalized spacial score (nSPS) is 11.7. The van der Waals surface area contributed by atoms with Crippen molar-refractivity contribution in [3.63, 3.8) is 0 Å². The van der Waals surface area contributed by atoms with E-state index in [1.165, 1.54) is 6.20 Å². The largest absolute Gasteiger partial charge is 0.353 e. The summed E-state index contributed by atoms with van der Waals surface area (Å²) in [6.45, 7) is 4.05. The molecule has 0 unspecified atom stereocenters. The molecule has 1 atom stereocenters. The summed E-state index contributed by atoms with van der Waals surface area (Å²) in [6, 6.07) is 2.68. The number of hydrogen-bond acceptors (Lipinski definition) is 5. The molecule has 126 valence electrons. The highest BCUT2D eigenvalue weighted by Crippen LogP contribution is 1.97. The van der Waals surface area contributed by atoms with Gasteiger partial charge in [-0.05, 0) is 18.1 Å². The zero-order valence-electron chi connectivity index (χ0n) is 13.3. The highest BCUT2D eigenvalue weighted by Gasteiger charge is 2.17. The molecule has 3 amide bonds. The highest BCUT2D eigenvalue weighted by molar-refractivity contribution is 5.93. The van der Waals surface area contributed by atoms with Gasteiger partial charge in [0, 0.05) is 25.5 Å². The van der Waals surface area contributed by atoms with E-state index in [4.69, 9.17) is 5.73 Å². The zero-order valence-corrected chi connectivity index (χ0v) is 13.3. The lowest BCUT2D eigenvalue weighted by atomic mass is 10.1. The molecule has 1 aromatic heterocycles. The molecule has 0 saturated carbocycles. The summed E-state index contributed by atoms with van der Waals surface area (Å²) >= 11 is 0. The lowest BCUT2D eigenvalue weighted by Crippen LogP contribution is -2.47. The molecule has 0 saturated heterocycles. The van der Waals surface area contributed by atoms with Gasteiger partial charge in [-0.3, -0.25) is 19.4 Å². The molecule has 0 radical (unpaired) electrons. The Bertz CT molecular complexity index is 533. The van der Waals surface area contributed by atoms with Crippen molar-refractivity contribution in [3.8, 4) is 0 Å². The van der Waals surface area contributed by atoms with Crippen LogP contribution in [0.3, 0.4) is 0 Å². The van der Waals surface area contributed by atoms with Crippen LogP contribution < -0.4 is 21.7 Å². The number of rotatable bonds is 8. The lowest BCUT2D eigenvalue weighted by Gasteiger charge is -2.15. The van der Waals surface area contributed by atoms with Crippen LogP contribution in [0.4, 0.5) is 0 Å². The molecule has 1 aromatic rings. The van der Waals surface area contributed by atoms with E-state index >= 15 is 0 Å². The van der Waals surface area contributed by atoms with Gasteiger partial charge in [-0.1, -0.05) is 13.8 Å². The maximum absolute atomic E-state index is 11.7. The number of nitrogens with one attached hydrogen (secondary N) is 3. The fourth-order valence-corrected chi connectivity index (χ4v) is 1.63. The molecule has 0 bridgehead atoms. The Morgan fingerprint density at radius 1 is 1.17 bits per heavy atom. The van der Waals surface area contributed by atoms with Crippen molar-refractivity contribution >= 4 is 17.7 Å². The van der Waals surface area contributed by atoms with Crippen LogP contribution in [0.15, 0.2) is 24.5 Å². The van der Waals surface area contributed by atoms with Crippen molar-refractivity contribution in [2.24, 2.45) is 11.7 Å². The van der Waals surface area contributed by atoms with Gasteiger partial charge in [-0.2, -0.15) is 0 Å². The fourth-order valence-electron chi connectivity index (χ4n) is 1.63. The molecule has 1 heterocycles. The summed E-state index contributed by atoms with van der Waals surface area (Å²) < 4.78 is 0. The van der Waals surface area contributed by atoms with Crippen LogP contribution >= 0.6 is 0 Å². The smallest absolute Gasteiger partial charge is 0.252 e. The van der Waals surface area contributed by atoms with Gasteiger partial charge in [-0.15, -0.1) is 0 Å². The minimum atomic E-state index is -0.637. The number of nitrogens with zero attached hydrogens (tertiary/aromatic N) is 1. The average molecular weight is 321 g/mol. The molecule has 8 heteroatoms. The van der Waals surface area contributed by atoms with Gasteiger partial charge in [0.1, 0.15) is 0 Å². The topological polar surface area (TPSA) is 126 Å². The second-order valence-electron chi connectivity index (χ2n) is 5.34. The van der Waals surface area contributed by atoms with E-state index in [1.807, 2.05) is 13.8 Å². The van der Waals surface area contributed by atoms with Crippen LogP contribution in [0.5, 0.6) is 0 Å². The number of carbonyl (C=O) groups is 3. The number of nitrogens with two attached hydrogens (primary N) is 1. The molecule has 1 rings (SSSR count). The molecule has 5 N–H and O–H groups in total. The fraction of sp³-hybridized carbons (Fsp3) is 0.467. The van der Waals surface area contributed by atoms with Gasteiger partial charge in [-0.25, -0.2) is 0 Å². The Labute approximate surface area is 135 Å². The van der Waals surface area contributed by atoms with E-state index in [1.54, 1.807) is 18.3 Å². The predicted molar refractivity (Wildman–Crippen MR) is 85.4 cm³/mol. The molecule has 0 aromatic carbocycles. The SMILES string of the molecule is CC(C)[C@H](N)C(=O)NCC(=O)NCCNC(=O)c1cccnc1. The van der Waals surface area contributed by atoms with E-state index in [0.29, 0.717) is 5.56 Å². The molecule has 0 spiro atoms. The number of aromatic nitrogens is 1. The molecule has 0 aliphatic rings. The maximum Gasteiger partial charge on any atom is 0.252 e. The predicted octanol–water partition coefficient (Wildman–Crippen LogP) is -0.973. The summed E-state index contributed by atoms with van der Waals surface area (Å²) in [7, 11) is 0. The zero-order chi connectivity index (χ0) is 17.2. The lowest BCUT2D eigenvalue weighted by molar-refractivity contribution is -0.127. The van der Waals surface area contributed by atoms with E-state index in [2.05, 4.69) is 20.9 Å². The van der Waals surface area contributed by atoms with Gasteiger partial charge in [0.2, 0.25) is 11.8 Å². The van der Waals surface area contributed by atoms with Crippen molar-refractivity contribution in [3.05, 3.63) is 30.1 Å². The summed E-state index contributed by atoms with van der Waals surface area (Å²) in [5, 5.41) is 7.71. The maximum atomic E-state index is 11.7. The Morgan fingerprint density at radius 2 is 1.87 bits per heavy atom. The van der Waals surface area contributed by atoms with Crippen molar-refractivity contribution in [1.82, 2.24) is 20.9 Å². The minimum Gasteiger partial charge on any atom is -0.353 e. The van der Waals surface area contributed by atoms with Crippen molar-refractivity contribution in [2.75, 3.05) is 19.6 Å².